The predicted molar refractivity (Wildman–Crippen MR) is 76.8 cm³/mol. The van der Waals surface area contributed by atoms with Crippen molar-refractivity contribution in [3.8, 4) is 6.07 Å². The lowest BCUT2D eigenvalue weighted by Crippen LogP contribution is -2.49. The van der Waals surface area contributed by atoms with Gasteiger partial charge < -0.3 is 0 Å². The maximum atomic E-state index is 8.95. The van der Waals surface area contributed by atoms with Gasteiger partial charge in [0.15, 0.2) is 0 Å². The lowest BCUT2D eigenvalue weighted by atomic mass is 10.2. The van der Waals surface area contributed by atoms with Crippen molar-refractivity contribution in [2.75, 3.05) is 26.2 Å². The minimum atomic E-state index is 0.0155. The molecule has 1 atom stereocenters. The Hall–Kier alpha value is -1.45. The van der Waals surface area contributed by atoms with Crippen molar-refractivity contribution < 1.29 is 0 Å². The fraction of sp³-hybridized carbons (Fsp3) is 0.786. The highest BCUT2D eigenvalue weighted by atomic mass is 15.4. The van der Waals surface area contributed by atoms with Crippen molar-refractivity contribution in [2.45, 2.75) is 39.9 Å². The van der Waals surface area contributed by atoms with Crippen LogP contribution in [0.4, 0.5) is 0 Å². The average Bonchev–Trinajstić information content (AvgIpc) is 2.85. The van der Waals surface area contributed by atoms with Crippen molar-refractivity contribution in [2.24, 2.45) is 5.92 Å². The van der Waals surface area contributed by atoms with Crippen LogP contribution in [-0.2, 0) is 13.1 Å². The Morgan fingerprint density at radius 3 is 2.55 bits per heavy atom. The molecule has 1 aromatic rings. The summed E-state index contributed by atoms with van der Waals surface area (Å²) in [5.74, 6) is 1.62. The molecule has 0 radical (unpaired) electrons. The molecule has 0 N–H and O–H groups in total. The average molecular weight is 276 g/mol. The smallest absolute Gasteiger partial charge is 0.141 e. The summed E-state index contributed by atoms with van der Waals surface area (Å²) in [6.45, 7) is 12.0. The molecule has 2 heterocycles. The maximum absolute atomic E-state index is 8.95. The number of nitrogens with zero attached hydrogens (tertiary/aromatic N) is 6. The largest absolute Gasteiger partial charge is 0.293 e. The highest BCUT2D eigenvalue weighted by molar-refractivity contribution is 4.92. The minimum Gasteiger partial charge on any atom is -0.293 e. The topological polar surface area (TPSA) is 61.0 Å². The molecule has 1 fully saturated rings. The number of hydrogen-bond acceptors (Lipinski definition) is 5. The van der Waals surface area contributed by atoms with E-state index < -0.39 is 0 Å². The fourth-order valence-corrected chi connectivity index (χ4v) is 2.50. The number of aromatic nitrogens is 3. The Bertz CT molecular complexity index is 452. The molecule has 1 aromatic heterocycles. The molecular weight excluding hydrogens is 252 g/mol. The van der Waals surface area contributed by atoms with E-state index in [4.69, 9.17) is 5.26 Å². The van der Waals surface area contributed by atoms with Crippen molar-refractivity contribution in [1.29, 1.82) is 5.26 Å². The van der Waals surface area contributed by atoms with E-state index in [2.05, 4.69) is 39.8 Å². The van der Waals surface area contributed by atoms with E-state index in [1.54, 1.807) is 6.33 Å². The van der Waals surface area contributed by atoms with Gasteiger partial charge in [-0.15, -0.1) is 0 Å². The summed E-state index contributed by atoms with van der Waals surface area (Å²) >= 11 is 0. The van der Waals surface area contributed by atoms with Crippen molar-refractivity contribution in [3.63, 3.8) is 0 Å². The van der Waals surface area contributed by atoms with Crippen LogP contribution in [0.25, 0.3) is 0 Å². The first-order valence-electron chi connectivity index (χ1n) is 7.33. The van der Waals surface area contributed by atoms with Gasteiger partial charge in [-0.2, -0.15) is 10.4 Å². The number of rotatable bonds is 5. The van der Waals surface area contributed by atoms with E-state index in [1.165, 1.54) is 0 Å². The molecule has 0 spiro atoms. The van der Waals surface area contributed by atoms with Crippen LogP contribution >= 0.6 is 0 Å². The second-order valence-electron chi connectivity index (χ2n) is 5.87. The molecule has 2 rings (SSSR count). The summed E-state index contributed by atoms with van der Waals surface area (Å²) in [6, 6.07) is 2.32. The molecule has 1 unspecified atom stereocenters. The first kappa shape index (κ1) is 14.9. The first-order valence-corrected chi connectivity index (χ1v) is 7.33. The van der Waals surface area contributed by atoms with Gasteiger partial charge in [0.05, 0.1) is 18.7 Å². The molecule has 1 aliphatic rings. The van der Waals surface area contributed by atoms with Crippen LogP contribution in [0.1, 0.15) is 26.6 Å². The third kappa shape index (κ3) is 3.78. The third-order valence-electron chi connectivity index (χ3n) is 3.74. The molecule has 0 amide bonds. The summed E-state index contributed by atoms with van der Waals surface area (Å²) < 4.78 is 2.01. The van der Waals surface area contributed by atoms with Crippen LogP contribution in [-0.4, -0.2) is 56.8 Å². The van der Waals surface area contributed by atoms with Crippen LogP contribution in [0.15, 0.2) is 6.33 Å². The minimum absolute atomic E-state index is 0.0155. The molecule has 6 heteroatoms. The van der Waals surface area contributed by atoms with E-state index in [0.717, 1.165) is 45.1 Å². The summed E-state index contributed by atoms with van der Waals surface area (Å²) in [5, 5.41) is 13.3. The summed E-state index contributed by atoms with van der Waals surface area (Å²) in [4.78, 5) is 9.00. The lowest BCUT2D eigenvalue weighted by Gasteiger charge is -2.35. The zero-order valence-corrected chi connectivity index (χ0v) is 12.7. The Kier molecular flexibility index (Phi) is 5.10. The summed E-state index contributed by atoms with van der Waals surface area (Å²) in [7, 11) is 0. The van der Waals surface area contributed by atoms with E-state index in [9.17, 15) is 0 Å². The fourth-order valence-electron chi connectivity index (χ4n) is 2.50. The summed E-state index contributed by atoms with van der Waals surface area (Å²) in [5.41, 5.74) is 0. The Morgan fingerprint density at radius 2 is 1.95 bits per heavy atom. The maximum Gasteiger partial charge on any atom is 0.141 e. The van der Waals surface area contributed by atoms with Crippen LogP contribution in [0, 0.1) is 17.2 Å². The van der Waals surface area contributed by atoms with Crippen molar-refractivity contribution in [1.82, 2.24) is 24.6 Å². The highest BCUT2D eigenvalue weighted by Crippen LogP contribution is 2.10. The van der Waals surface area contributed by atoms with Crippen LogP contribution < -0.4 is 0 Å². The Labute approximate surface area is 121 Å². The zero-order valence-electron chi connectivity index (χ0n) is 12.7. The molecule has 0 aliphatic carbocycles. The number of nitriles is 1. The molecule has 0 bridgehead atoms. The molecule has 110 valence electrons. The van der Waals surface area contributed by atoms with Crippen molar-refractivity contribution >= 4 is 0 Å². The summed E-state index contributed by atoms with van der Waals surface area (Å²) in [6.07, 6.45) is 1.64. The van der Waals surface area contributed by atoms with Crippen molar-refractivity contribution in [3.05, 3.63) is 12.2 Å². The predicted octanol–water partition coefficient (Wildman–Crippen LogP) is 0.964. The Balaban J connectivity index is 1.87. The molecular formula is C14H24N6. The zero-order chi connectivity index (χ0) is 14.5. The van der Waals surface area contributed by atoms with E-state index in [-0.39, 0.29) is 6.04 Å². The van der Waals surface area contributed by atoms with E-state index >= 15 is 0 Å². The van der Waals surface area contributed by atoms with Gasteiger partial charge in [-0.25, -0.2) is 9.67 Å². The molecule has 1 aliphatic heterocycles. The van der Waals surface area contributed by atoms with E-state index in [0.29, 0.717) is 5.92 Å². The second-order valence-corrected chi connectivity index (χ2v) is 5.87. The first-order chi connectivity index (χ1) is 9.60. The van der Waals surface area contributed by atoms with Gasteiger partial charge in [0.1, 0.15) is 12.2 Å². The third-order valence-corrected chi connectivity index (χ3v) is 3.74. The number of hydrogen-bond donors (Lipinski definition) is 0. The van der Waals surface area contributed by atoms with Gasteiger partial charge in [-0.05, 0) is 12.8 Å². The van der Waals surface area contributed by atoms with Gasteiger partial charge in [-0.1, -0.05) is 13.8 Å². The quantitative estimate of drug-likeness (QED) is 0.802. The van der Waals surface area contributed by atoms with Gasteiger partial charge in [-0.3, -0.25) is 9.80 Å². The number of piperazine rings is 1. The second kappa shape index (κ2) is 6.82. The van der Waals surface area contributed by atoms with Gasteiger partial charge in [0.2, 0.25) is 0 Å². The van der Waals surface area contributed by atoms with Gasteiger partial charge >= 0.3 is 0 Å². The molecule has 1 saturated heterocycles. The van der Waals surface area contributed by atoms with E-state index in [1.807, 2.05) is 11.6 Å². The molecule has 0 saturated carbocycles. The van der Waals surface area contributed by atoms with Crippen LogP contribution in [0.5, 0.6) is 0 Å². The SMILES string of the molecule is CC(C)Cn1ncnc1CN1CCN(C(C)C#N)CC1. The molecule has 20 heavy (non-hydrogen) atoms. The molecule has 6 nitrogen and oxygen atoms in total. The lowest BCUT2D eigenvalue weighted by molar-refractivity contribution is 0.111. The van der Waals surface area contributed by atoms with Crippen LogP contribution in [0.3, 0.4) is 0 Å². The standard InChI is InChI=1S/C14H24N6/c1-12(2)9-20-14(16-11-17-20)10-18-4-6-19(7-5-18)13(3)8-15/h11-13H,4-7,9-10H2,1-3H3. The molecule has 0 aromatic carbocycles. The normalized spacial score (nSPS) is 19.1. The highest BCUT2D eigenvalue weighted by Gasteiger charge is 2.21. The van der Waals surface area contributed by atoms with Crippen LogP contribution in [0.2, 0.25) is 0 Å². The monoisotopic (exact) mass is 276 g/mol. The van der Waals surface area contributed by atoms with Gasteiger partial charge in [0.25, 0.3) is 0 Å². The Morgan fingerprint density at radius 1 is 1.25 bits per heavy atom. The van der Waals surface area contributed by atoms with Gasteiger partial charge in [0, 0.05) is 32.7 Å².